The Labute approximate surface area is 118 Å². The fraction of sp³-hybridized carbons (Fsp3) is 0.643. The van der Waals surface area contributed by atoms with E-state index in [9.17, 15) is 0 Å². The first kappa shape index (κ1) is 12.9. The molecule has 0 unspecified atom stereocenters. The number of hydrogen-bond acceptors (Lipinski definition) is 3. The summed E-state index contributed by atoms with van der Waals surface area (Å²) in [5.41, 5.74) is 0.807. The van der Waals surface area contributed by atoms with Crippen LogP contribution in [0.4, 0.5) is 0 Å². The number of aromatic nitrogens is 4. The topological polar surface area (TPSA) is 43.1 Å². The fourth-order valence-electron chi connectivity index (χ4n) is 3.08. The quantitative estimate of drug-likeness (QED) is 0.623. The molecule has 0 saturated heterocycles. The maximum absolute atomic E-state index is 5.95. The minimum Gasteiger partial charge on any atom is -0.267 e. The highest BCUT2D eigenvalue weighted by Crippen LogP contribution is 2.26. The van der Waals surface area contributed by atoms with Gasteiger partial charge in [0.25, 0.3) is 0 Å². The molecule has 0 aromatic carbocycles. The summed E-state index contributed by atoms with van der Waals surface area (Å²) in [6.07, 6.45) is 9.10. The Bertz CT molecular complexity index is 570. The van der Waals surface area contributed by atoms with Gasteiger partial charge >= 0.3 is 0 Å². The van der Waals surface area contributed by atoms with Crippen LogP contribution < -0.4 is 0 Å². The van der Waals surface area contributed by atoms with Crippen molar-refractivity contribution in [2.75, 3.05) is 0 Å². The fourth-order valence-corrected chi connectivity index (χ4v) is 3.30. The highest BCUT2D eigenvalue weighted by molar-refractivity contribution is 6.29. The van der Waals surface area contributed by atoms with Gasteiger partial charge in [-0.05, 0) is 12.8 Å². The molecule has 0 amide bonds. The maximum Gasteiger partial charge on any atom is 0.165 e. The summed E-state index contributed by atoms with van der Waals surface area (Å²) in [6, 6.07) is 1.78. The Hall–Kier alpha value is -1.16. The molecule has 0 aliphatic heterocycles. The van der Waals surface area contributed by atoms with Crippen molar-refractivity contribution in [1.82, 2.24) is 19.6 Å². The molecule has 4 nitrogen and oxygen atoms in total. The molecular weight excluding hydrogens is 260 g/mol. The standard InChI is InChI=1S/C14H19ClN4/c1-10-16-12(15)9-14-18-17-13(19(10)14)8-11-6-4-2-3-5-7-11/h9,11H,2-8H2,1H3. The van der Waals surface area contributed by atoms with Crippen LogP contribution in [0.2, 0.25) is 5.15 Å². The van der Waals surface area contributed by atoms with Crippen LogP contribution in [0, 0.1) is 12.8 Å². The van der Waals surface area contributed by atoms with Crippen LogP contribution in [-0.2, 0) is 6.42 Å². The molecule has 0 bridgehead atoms. The first-order valence-corrected chi connectivity index (χ1v) is 7.49. The number of hydrogen-bond donors (Lipinski definition) is 0. The molecular formula is C14H19ClN4. The predicted octanol–water partition coefficient (Wildman–Crippen LogP) is 3.60. The highest BCUT2D eigenvalue weighted by atomic mass is 35.5. The Morgan fingerprint density at radius 1 is 1.21 bits per heavy atom. The smallest absolute Gasteiger partial charge is 0.165 e. The largest absolute Gasteiger partial charge is 0.267 e. The second-order valence-corrected chi connectivity index (χ2v) is 5.88. The molecule has 1 fully saturated rings. The second kappa shape index (κ2) is 5.45. The normalized spacial score (nSPS) is 17.8. The van der Waals surface area contributed by atoms with Crippen molar-refractivity contribution < 1.29 is 0 Å². The Kier molecular flexibility index (Phi) is 3.69. The molecule has 0 atom stereocenters. The predicted molar refractivity (Wildman–Crippen MR) is 75.4 cm³/mol. The maximum atomic E-state index is 5.95. The van der Waals surface area contributed by atoms with Crippen molar-refractivity contribution in [3.8, 4) is 0 Å². The van der Waals surface area contributed by atoms with Crippen LogP contribution in [0.1, 0.15) is 50.2 Å². The molecule has 0 radical (unpaired) electrons. The summed E-state index contributed by atoms with van der Waals surface area (Å²) in [7, 11) is 0. The van der Waals surface area contributed by atoms with E-state index in [2.05, 4.69) is 15.2 Å². The molecule has 1 aliphatic carbocycles. The summed E-state index contributed by atoms with van der Waals surface area (Å²) in [5, 5.41) is 9.04. The second-order valence-electron chi connectivity index (χ2n) is 5.50. The van der Waals surface area contributed by atoms with Crippen LogP contribution in [-0.4, -0.2) is 19.6 Å². The average molecular weight is 279 g/mol. The Morgan fingerprint density at radius 2 is 1.95 bits per heavy atom. The summed E-state index contributed by atoms with van der Waals surface area (Å²) in [4.78, 5) is 4.29. The lowest BCUT2D eigenvalue weighted by Gasteiger charge is -2.12. The molecule has 2 aromatic heterocycles. The van der Waals surface area contributed by atoms with Crippen LogP contribution in [0.15, 0.2) is 6.07 Å². The lowest BCUT2D eigenvalue weighted by atomic mass is 9.96. The van der Waals surface area contributed by atoms with Crippen LogP contribution in [0.5, 0.6) is 0 Å². The molecule has 2 aromatic rings. The lowest BCUT2D eigenvalue weighted by Crippen LogP contribution is -2.08. The summed E-state index contributed by atoms with van der Waals surface area (Å²) in [5.74, 6) is 2.64. The third-order valence-corrected chi connectivity index (χ3v) is 4.24. The van der Waals surface area contributed by atoms with Gasteiger partial charge in [-0.1, -0.05) is 50.1 Å². The van der Waals surface area contributed by atoms with Gasteiger partial charge in [0.05, 0.1) is 0 Å². The molecule has 1 aliphatic rings. The molecule has 102 valence electrons. The van der Waals surface area contributed by atoms with Crippen molar-refractivity contribution in [2.45, 2.75) is 51.9 Å². The van der Waals surface area contributed by atoms with E-state index in [0.29, 0.717) is 5.15 Å². The number of rotatable bonds is 2. The number of nitrogens with zero attached hydrogens (tertiary/aromatic N) is 4. The molecule has 3 rings (SSSR count). The van der Waals surface area contributed by atoms with Gasteiger partial charge < -0.3 is 0 Å². The highest BCUT2D eigenvalue weighted by Gasteiger charge is 2.17. The third kappa shape index (κ3) is 2.73. The van der Waals surface area contributed by atoms with Crippen molar-refractivity contribution in [3.63, 3.8) is 0 Å². The van der Waals surface area contributed by atoms with Crippen LogP contribution in [0.3, 0.4) is 0 Å². The van der Waals surface area contributed by atoms with Gasteiger partial charge in [0, 0.05) is 12.5 Å². The zero-order valence-electron chi connectivity index (χ0n) is 11.3. The van der Waals surface area contributed by atoms with E-state index in [1.807, 2.05) is 11.3 Å². The van der Waals surface area contributed by atoms with Crippen molar-refractivity contribution in [1.29, 1.82) is 0 Å². The van der Waals surface area contributed by atoms with Crippen molar-refractivity contribution >= 4 is 17.2 Å². The third-order valence-electron chi connectivity index (χ3n) is 4.04. The van der Waals surface area contributed by atoms with Crippen molar-refractivity contribution in [3.05, 3.63) is 22.9 Å². The van der Waals surface area contributed by atoms with Gasteiger partial charge in [-0.3, -0.25) is 4.40 Å². The Balaban J connectivity index is 1.88. The van der Waals surface area contributed by atoms with Crippen molar-refractivity contribution in [2.24, 2.45) is 5.92 Å². The molecule has 5 heteroatoms. The van der Waals surface area contributed by atoms with E-state index < -0.39 is 0 Å². The minimum atomic E-state index is 0.485. The molecule has 0 N–H and O–H groups in total. The van der Waals surface area contributed by atoms with Crippen LogP contribution in [0.25, 0.3) is 5.65 Å². The number of fused-ring (bicyclic) bond motifs is 1. The van der Waals surface area contributed by atoms with E-state index in [1.54, 1.807) is 6.07 Å². The molecule has 19 heavy (non-hydrogen) atoms. The zero-order valence-corrected chi connectivity index (χ0v) is 12.0. The SMILES string of the molecule is Cc1nc(Cl)cc2nnc(CC3CCCCCC3)n12. The van der Waals surface area contributed by atoms with Gasteiger partial charge in [0.1, 0.15) is 16.8 Å². The first-order chi connectivity index (χ1) is 9.24. The van der Waals surface area contributed by atoms with Crippen LogP contribution >= 0.6 is 11.6 Å². The van der Waals surface area contributed by atoms with Gasteiger partial charge in [0.2, 0.25) is 0 Å². The number of halogens is 1. The van der Waals surface area contributed by atoms with E-state index in [-0.39, 0.29) is 0 Å². The molecule has 0 spiro atoms. The first-order valence-electron chi connectivity index (χ1n) is 7.11. The zero-order chi connectivity index (χ0) is 13.2. The van der Waals surface area contributed by atoms with Gasteiger partial charge in [-0.15, -0.1) is 10.2 Å². The minimum absolute atomic E-state index is 0.485. The molecule has 1 saturated carbocycles. The van der Waals surface area contributed by atoms with E-state index >= 15 is 0 Å². The average Bonchev–Trinajstić information content (AvgIpc) is 2.59. The lowest BCUT2D eigenvalue weighted by molar-refractivity contribution is 0.446. The van der Waals surface area contributed by atoms with Gasteiger partial charge in [0.15, 0.2) is 5.65 Å². The summed E-state index contributed by atoms with van der Waals surface area (Å²) in [6.45, 7) is 1.96. The summed E-state index contributed by atoms with van der Waals surface area (Å²) >= 11 is 5.95. The van der Waals surface area contributed by atoms with Gasteiger partial charge in [-0.2, -0.15) is 0 Å². The molecule has 2 heterocycles. The van der Waals surface area contributed by atoms with Gasteiger partial charge in [-0.25, -0.2) is 4.98 Å². The Morgan fingerprint density at radius 3 is 2.68 bits per heavy atom. The van der Waals surface area contributed by atoms with E-state index in [4.69, 9.17) is 11.6 Å². The van der Waals surface area contributed by atoms with E-state index in [1.165, 1.54) is 38.5 Å². The summed E-state index contributed by atoms with van der Waals surface area (Å²) < 4.78 is 2.04. The number of aryl methyl sites for hydroxylation is 1. The van der Waals surface area contributed by atoms with E-state index in [0.717, 1.165) is 29.6 Å². The monoisotopic (exact) mass is 278 g/mol.